The molecule has 4 heterocycles. The van der Waals surface area contributed by atoms with E-state index in [2.05, 4.69) is 12.1 Å². The Balaban J connectivity index is 1.03. The number of hydrogen-bond acceptors (Lipinski definition) is 9. The summed E-state index contributed by atoms with van der Waals surface area (Å²) in [6.07, 6.45) is 13.4. The Morgan fingerprint density at radius 3 is 2.37 bits per heavy atom. The highest BCUT2D eigenvalue weighted by Gasteiger charge is 2.35. The first-order valence-electron chi connectivity index (χ1n) is 18.2. The molecule has 1 aliphatic heterocycles. The zero-order chi connectivity index (χ0) is 33.9. The molecule has 4 fully saturated rings. The average Bonchev–Trinajstić information content (AvgIpc) is 3.86. The van der Waals surface area contributed by atoms with Crippen LogP contribution in [0.15, 0.2) is 36.7 Å². The van der Waals surface area contributed by atoms with E-state index in [1.165, 1.54) is 17.8 Å². The van der Waals surface area contributed by atoms with Crippen LogP contribution in [-0.4, -0.2) is 75.9 Å². The molecular formula is C38H49N5O5S. The molecule has 10 nitrogen and oxygen atoms in total. The van der Waals surface area contributed by atoms with Gasteiger partial charge < -0.3 is 19.5 Å². The summed E-state index contributed by atoms with van der Waals surface area (Å²) in [5.74, 6) is 2.89. The summed E-state index contributed by atoms with van der Waals surface area (Å²) in [6, 6.07) is 8.21. The number of ether oxygens (including phenoxy) is 2. The maximum Gasteiger partial charge on any atom is 0.410 e. The van der Waals surface area contributed by atoms with E-state index in [9.17, 15) is 14.7 Å². The molecule has 11 heteroatoms. The summed E-state index contributed by atoms with van der Waals surface area (Å²) >= 11 is 1.75. The number of rotatable bonds is 9. The number of hydrogen-bond donors (Lipinski definition) is 1. The monoisotopic (exact) mass is 687 g/mol. The van der Waals surface area contributed by atoms with Crippen LogP contribution in [0.2, 0.25) is 0 Å². The van der Waals surface area contributed by atoms with Crippen molar-refractivity contribution in [2.24, 2.45) is 11.8 Å². The molecule has 262 valence electrons. The van der Waals surface area contributed by atoms with Crippen molar-refractivity contribution >= 4 is 29.2 Å². The topological polar surface area (TPSA) is 118 Å². The Morgan fingerprint density at radius 2 is 1.67 bits per heavy atom. The molecule has 49 heavy (non-hydrogen) atoms. The van der Waals surface area contributed by atoms with Gasteiger partial charge in [0.1, 0.15) is 17.7 Å². The lowest BCUT2D eigenvalue weighted by molar-refractivity contribution is -0.124. The highest BCUT2D eigenvalue weighted by molar-refractivity contribution is 7.15. The lowest BCUT2D eigenvalue weighted by Crippen LogP contribution is -2.44. The van der Waals surface area contributed by atoms with Crippen molar-refractivity contribution < 1.29 is 24.2 Å². The van der Waals surface area contributed by atoms with Gasteiger partial charge in [0.05, 0.1) is 28.8 Å². The largest absolute Gasteiger partial charge is 0.495 e. The molecule has 0 atom stereocenters. The number of aliphatic hydroxyl groups excluding tert-OH is 1. The number of aryl methyl sites for hydroxylation is 1. The van der Waals surface area contributed by atoms with Gasteiger partial charge in [0.25, 0.3) is 0 Å². The van der Waals surface area contributed by atoms with Gasteiger partial charge in [0.2, 0.25) is 5.91 Å². The highest BCUT2D eigenvalue weighted by Crippen LogP contribution is 2.44. The molecule has 3 saturated carbocycles. The van der Waals surface area contributed by atoms with E-state index in [-0.39, 0.29) is 30.1 Å². The minimum absolute atomic E-state index is 0.122. The molecule has 0 aromatic carbocycles. The smallest absolute Gasteiger partial charge is 0.410 e. The third-order valence-corrected chi connectivity index (χ3v) is 12.2. The van der Waals surface area contributed by atoms with E-state index in [1.54, 1.807) is 23.3 Å². The van der Waals surface area contributed by atoms with Gasteiger partial charge in [-0.2, -0.15) is 0 Å². The van der Waals surface area contributed by atoms with E-state index < -0.39 is 0 Å². The van der Waals surface area contributed by atoms with Crippen molar-refractivity contribution in [2.45, 2.75) is 108 Å². The Morgan fingerprint density at radius 1 is 0.939 bits per heavy atom. The number of nitrogens with zero attached hydrogens (tertiary/aromatic N) is 5. The molecule has 0 bridgehead atoms. The normalized spacial score (nSPS) is 24.8. The van der Waals surface area contributed by atoms with Crippen molar-refractivity contribution in [3.8, 4) is 16.2 Å². The fourth-order valence-corrected chi connectivity index (χ4v) is 8.86. The molecule has 3 aromatic rings. The second kappa shape index (κ2) is 15.1. The van der Waals surface area contributed by atoms with E-state index >= 15 is 0 Å². The molecule has 1 N–H and O–H groups in total. The number of anilines is 1. The lowest BCUT2D eigenvalue weighted by Gasteiger charge is -2.36. The number of methoxy groups -OCH3 is 1. The molecule has 7 rings (SSSR count). The summed E-state index contributed by atoms with van der Waals surface area (Å²) in [5, 5.41) is 11.0. The van der Waals surface area contributed by atoms with Gasteiger partial charge in [-0.15, -0.1) is 11.3 Å². The van der Waals surface area contributed by atoms with Crippen LogP contribution in [0.3, 0.4) is 0 Å². The van der Waals surface area contributed by atoms with Gasteiger partial charge >= 0.3 is 6.09 Å². The van der Waals surface area contributed by atoms with Crippen molar-refractivity contribution in [1.82, 2.24) is 19.9 Å². The Bertz CT molecular complexity index is 1600. The summed E-state index contributed by atoms with van der Waals surface area (Å²) in [4.78, 5) is 46.3. The van der Waals surface area contributed by atoms with Crippen LogP contribution in [0.5, 0.6) is 5.75 Å². The molecule has 3 aliphatic carbocycles. The second-order valence-electron chi connectivity index (χ2n) is 14.5. The maximum atomic E-state index is 14.4. The first kappa shape index (κ1) is 33.9. The lowest BCUT2D eigenvalue weighted by atomic mass is 9.79. The van der Waals surface area contributed by atoms with Gasteiger partial charge in [0.15, 0.2) is 0 Å². The van der Waals surface area contributed by atoms with Crippen molar-refractivity contribution in [2.75, 3.05) is 31.6 Å². The summed E-state index contributed by atoms with van der Waals surface area (Å²) in [6.45, 7) is 3.69. The fourth-order valence-electron chi connectivity index (χ4n) is 7.78. The number of piperidine rings is 1. The minimum Gasteiger partial charge on any atom is -0.495 e. The van der Waals surface area contributed by atoms with Crippen molar-refractivity contribution in [3.05, 3.63) is 53.1 Å². The number of thiazole rings is 1. The van der Waals surface area contributed by atoms with Crippen molar-refractivity contribution in [1.29, 1.82) is 0 Å². The quantitative estimate of drug-likeness (QED) is 0.250. The Labute approximate surface area is 293 Å². The number of aromatic nitrogens is 3. The number of aliphatic hydroxyl groups is 1. The minimum atomic E-state index is -0.337. The number of carbonyl (C=O) groups excluding carboxylic acids is 2. The SMILES string of the molecule is COc1ccc(C2CCC(CN(C(=O)C3CCC(OC(=O)N4CCC(O)CC4)CC3)c3cc(-c4cnc(C5CC5)s4)ccn3)CC2)nc1C. The van der Waals surface area contributed by atoms with Crippen LogP contribution in [0.25, 0.3) is 10.4 Å². The predicted octanol–water partition coefficient (Wildman–Crippen LogP) is 7.25. The molecule has 1 saturated heterocycles. The summed E-state index contributed by atoms with van der Waals surface area (Å²) in [7, 11) is 1.68. The van der Waals surface area contributed by atoms with Crippen LogP contribution in [0.4, 0.5) is 10.6 Å². The number of carbonyl (C=O) groups is 2. The van der Waals surface area contributed by atoms with Crippen molar-refractivity contribution in [3.63, 3.8) is 0 Å². The van der Waals surface area contributed by atoms with Gasteiger partial charge in [-0.3, -0.25) is 14.7 Å². The van der Waals surface area contributed by atoms with Crippen LogP contribution in [0, 0.1) is 18.8 Å². The first-order valence-corrected chi connectivity index (χ1v) is 19.0. The summed E-state index contributed by atoms with van der Waals surface area (Å²) < 4.78 is 11.3. The van der Waals surface area contributed by atoms with E-state index in [1.807, 2.05) is 36.4 Å². The zero-order valence-corrected chi connectivity index (χ0v) is 29.6. The third-order valence-electron chi connectivity index (χ3n) is 11.0. The fraction of sp³-hybridized carbons (Fsp3) is 0.605. The molecule has 0 unspecified atom stereocenters. The Kier molecular flexibility index (Phi) is 10.5. The predicted molar refractivity (Wildman–Crippen MR) is 189 cm³/mol. The standard InChI is InChI=1S/C38H49N5O5S/c1-24-33(47-2)14-13-32(41-24)26-5-3-25(4-6-26)23-43(35-21-29(15-18-39-35)34-22-40-36(49-34)27-7-8-27)37(45)28-9-11-31(12-10-28)48-38(46)42-19-16-30(44)17-20-42/h13-15,18,21-22,25-28,30-31,44H,3-12,16-17,19-20,23H2,1-2H3. The van der Waals surface area contributed by atoms with Crippen LogP contribution in [-0.2, 0) is 9.53 Å². The molecule has 3 aromatic heterocycles. The zero-order valence-electron chi connectivity index (χ0n) is 28.8. The highest BCUT2D eigenvalue weighted by atomic mass is 32.1. The molecule has 0 radical (unpaired) electrons. The first-order chi connectivity index (χ1) is 23.8. The van der Waals surface area contributed by atoms with Gasteiger partial charge in [-0.05, 0) is 120 Å². The number of likely N-dealkylation sites (tertiary alicyclic amines) is 1. The Hall–Kier alpha value is -3.57. The second-order valence-corrected chi connectivity index (χ2v) is 15.6. The van der Waals surface area contributed by atoms with Crippen LogP contribution < -0.4 is 9.64 Å². The average molecular weight is 688 g/mol. The maximum absolute atomic E-state index is 14.4. The van der Waals surface area contributed by atoms with E-state index in [0.29, 0.717) is 81.7 Å². The molecule has 4 aliphatic rings. The third kappa shape index (κ3) is 8.09. The van der Waals surface area contributed by atoms with E-state index in [4.69, 9.17) is 24.4 Å². The molecule has 2 amide bonds. The van der Waals surface area contributed by atoms with Crippen LogP contribution >= 0.6 is 11.3 Å². The molecule has 0 spiro atoms. The van der Waals surface area contributed by atoms with Gasteiger partial charge in [0, 0.05) is 55.5 Å². The summed E-state index contributed by atoms with van der Waals surface area (Å²) in [5.41, 5.74) is 3.10. The van der Waals surface area contributed by atoms with E-state index in [0.717, 1.165) is 53.3 Å². The number of pyridine rings is 2. The molecular weight excluding hydrogens is 639 g/mol. The van der Waals surface area contributed by atoms with Crippen LogP contribution in [0.1, 0.15) is 105 Å². The van der Waals surface area contributed by atoms with Gasteiger partial charge in [-0.25, -0.2) is 14.8 Å². The van der Waals surface area contributed by atoms with Gasteiger partial charge in [-0.1, -0.05) is 0 Å². The number of amides is 2.